The number of allylic oxidation sites excluding steroid dienone is 2. The number of esters is 1. The molecule has 1 amide bonds. The van der Waals surface area contributed by atoms with Gasteiger partial charge in [-0.05, 0) is 51.4 Å². The molecule has 0 aliphatic heterocycles. The van der Waals surface area contributed by atoms with E-state index in [-0.39, 0.29) is 18.5 Å². The van der Waals surface area contributed by atoms with E-state index in [0.29, 0.717) is 25.9 Å². The van der Waals surface area contributed by atoms with E-state index in [2.05, 4.69) is 31.3 Å². The Hall–Kier alpha value is -1.40. The number of rotatable bonds is 52. The Labute approximate surface area is 387 Å². The fourth-order valence-corrected chi connectivity index (χ4v) is 8.75. The van der Waals surface area contributed by atoms with E-state index in [9.17, 15) is 19.8 Å². The maximum absolute atomic E-state index is 12.4. The molecule has 2 atom stereocenters. The van der Waals surface area contributed by atoms with Gasteiger partial charge in [-0.2, -0.15) is 0 Å². The minimum atomic E-state index is -0.667. The number of hydrogen-bond acceptors (Lipinski definition) is 5. The molecule has 0 fully saturated rings. The van der Waals surface area contributed by atoms with Crippen LogP contribution in [0.4, 0.5) is 0 Å². The molecule has 0 aromatic carbocycles. The smallest absolute Gasteiger partial charge is 0.305 e. The maximum atomic E-state index is 12.4. The third-order valence-corrected chi connectivity index (χ3v) is 13.1. The van der Waals surface area contributed by atoms with E-state index in [0.717, 1.165) is 38.5 Å². The zero-order valence-corrected chi connectivity index (χ0v) is 41.9. The van der Waals surface area contributed by atoms with Crippen molar-refractivity contribution in [2.45, 2.75) is 321 Å². The molecule has 0 saturated heterocycles. The lowest BCUT2D eigenvalue weighted by Gasteiger charge is -2.22. The van der Waals surface area contributed by atoms with Gasteiger partial charge in [0.05, 0.1) is 25.4 Å². The van der Waals surface area contributed by atoms with E-state index in [1.54, 1.807) is 0 Å². The standard InChI is InChI=1S/C56H109NO5/c1-3-5-7-9-11-13-15-16-23-27-30-34-38-42-46-50-56(61)62-51-47-43-39-35-31-28-25-22-20-18-17-19-21-24-26-29-33-37-41-45-49-55(60)57-53(52-58)54(59)48-44-40-36-32-14-12-10-8-6-4-2/h17,19,53-54,58-59H,3-16,18,20-52H2,1-2H3,(H,57,60)/b19-17-. The summed E-state index contributed by atoms with van der Waals surface area (Å²) in [5.74, 6) is -0.0352. The number of ether oxygens (including phenoxy) is 1. The van der Waals surface area contributed by atoms with E-state index in [4.69, 9.17) is 4.74 Å². The average molecular weight is 876 g/mol. The minimum Gasteiger partial charge on any atom is -0.466 e. The number of hydrogen-bond donors (Lipinski definition) is 3. The Balaban J connectivity index is 3.39. The van der Waals surface area contributed by atoms with Gasteiger partial charge >= 0.3 is 5.97 Å². The van der Waals surface area contributed by atoms with Gasteiger partial charge in [0.25, 0.3) is 0 Å². The van der Waals surface area contributed by atoms with Crippen LogP contribution in [0.15, 0.2) is 12.2 Å². The van der Waals surface area contributed by atoms with Crippen LogP contribution < -0.4 is 5.32 Å². The number of carbonyl (C=O) groups is 2. The molecule has 0 spiro atoms. The van der Waals surface area contributed by atoms with Gasteiger partial charge in [-0.3, -0.25) is 9.59 Å². The summed E-state index contributed by atoms with van der Waals surface area (Å²) < 4.78 is 5.48. The Morgan fingerprint density at radius 2 is 0.758 bits per heavy atom. The minimum absolute atomic E-state index is 0.00927. The number of aliphatic hydroxyl groups is 2. The largest absolute Gasteiger partial charge is 0.466 e. The van der Waals surface area contributed by atoms with Crippen LogP contribution in [-0.2, 0) is 14.3 Å². The van der Waals surface area contributed by atoms with E-state index < -0.39 is 12.1 Å². The number of carbonyl (C=O) groups excluding carboxylic acids is 2. The predicted octanol–water partition coefficient (Wildman–Crippen LogP) is 16.9. The van der Waals surface area contributed by atoms with Gasteiger partial charge in [-0.25, -0.2) is 0 Å². The quantitative estimate of drug-likeness (QED) is 0.0321. The molecule has 368 valence electrons. The molecule has 0 aromatic rings. The normalized spacial score (nSPS) is 12.6. The Morgan fingerprint density at radius 3 is 1.15 bits per heavy atom. The molecule has 62 heavy (non-hydrogen) atoms. The summed E-state index contributed by atoms with van der Waals surface area (Å²) in [6.07, 6.45) is 60.6. The van der Waals surface area contributed by atoms with Crippen molar-refractivity contribution in [3.63, 3.8) is 0 Å². The highest BCUT2D eigenvalue weighted by Gasteiger charge is 2.20. The van der Waals surface area contributed by atoms with Crippen LogP contribution in [0, 0.1) is 0 Å². The van der Waals surface area contributed by atoms with Gasteiger partial charge in [0.2, 0.25) is 5.91 Å². The molecular weight excluding hydrogens is 767 g/mol. The first kappa shape index (κ1) is 60.6. The molecular formula is C56H109NO5. The molecule has 0 aliphatic carbocycles. The van der Waals surface area contributed by atoms with Crippen LogP contribution >= 0.6 is 0 Å². The Morgan fingerprint density at radius 1 is 0.435 bits per heavy atom. The molecule has 0 heterocycles. The molecule has 0 saturated carbocycles. The highest BCUT2D eigenvalue weighted by Crippen LogP contribution is 2.17. The number of amides is 1. The lowest BCUT2D eigenvalue weighted by molar-refractivity contribution is -0.143. The molecule has 0 bridgehead atoms. The second kappa shape index (κ2) is 52.2. The van der Waals surface area contributed by atoms with E-state index in [1.807, 2.05) is 0 Å². The van der Waals surface area contributed by atoms with Crippen molar-refractivity contribution in [1.82, 2.24) is 5.32 Å². The van der Waals surface area contributed by atoms with Gasteiger partial charge < -0.3 is 20.3 Å². The van der Waals surface area contributed by atoms with Gasteiger partial charge in [0.15, 0.2) is 0 Å². The summed E-state index contributed by atoms with van der Waals surface area (Å²) in [5.41, 5.74) is 0. The van der Waals surface area contributed by atoms with E-state index in [1.165, 1.54) is 238 Å². The lowest BCUT2D eigenvalue weighted by atomic mass is 10.0. The first-order valence-corrected chi connectivity index (χ1v) is 27.9. The van der Waals surface area contributed by atoms with Crippen LogP contribution in [0.25, 0.3) is 0 Å². The zero-order chi connectivity index (χ0) is 45.1. The number of aliphatic hydroxyl groups excluding tert-OH is 2. The second-order valence-electron chi connectivity index (χ2n) is 19.3. The van der Waals surface area contributed by atoms with Gasteiger partial charge in [-0.1, -0.05) is 257 Å². The fraction of sp³-hybridized carbons (Fsp3) is 0.929. The van der Waals surface area contributed by atoms with Crippen molar-refractivity contribution in [1.29, 1.82) is 0 Å². The number of nitrogens with one attached hydrogen (secondary N) is 1. The summed E-state index contributed by atoms with van der Waals surface area (Å²) in [6, 6.07) is -0.545. The molecule has 6 nitrogen and oxygen atoms in total. The Kier molecular flexibility index (Phi) is 51.0. The third-order valence-electron chi connectivity index (χ3n) is 13.1. The third kappa shape index (κ3) is 48.1. The van der Waals surface area contributed by atoms with Gasteiger partial charge in [-0.15, -0.1) is 0 Å². The van der Waals surface area contributed by atoms with Crippen molar-refractivity contribution < 1.29 is 24.5 Å². The summed E-state index contributed by atoms with van der Waals surface area (Å²) in [5, 5.41) is 23.1. The van der Waals surface area contributed by atoms with Crippen molar-refractivity contribution in [3.05, 3.63) is 12.2 Å². The topological polar surface area (TPSA) is 95.9 Å². The highest BCUT2D eigenvalue weighted by atomic mass is 16.5. The molecule has 6 heteroatoms. The van der Waals surface area contributed by atoms with E-state index >= 15 is 0 Å². The number of unbranched alkanes of at least 4 members (excludes halogenated alkanes) is 39. The fourth-order valence-electron chi connectivity index (χ4n) is 8.75. The van der Waals surface area contributed by atoms with Crippen LogP contribution in [-0.4, -0.2) is 47.4 Å². The summed E-state index contributed by atoms with van der Waals surface area (Å²) in [6.45, 7) is 4.94. The lowest BCUT2D eigenvalue weighted by Crippen LogP contribution is -2.45. The van der Waals surface area contributed by atoms with Crippen LogP contribution in [0.3, 0.4) is 0 Å². The second-order valence-corrected chi connectivity index (χ2v) is 19.3. The molecule has 3 N–H and O–H groups in total. The SMILES string of the molecule is CCCCCCCCCCCCCCCCCC(=O)OCCCCCCCCCCC/C=C\CCCCCCCCCC(=O)NC(CO)C(O)CCCCCCCCCCCC. The van der Waals surface area contributed by atoms with Crippen molar-refractivity contribution in [3.8, 4) is 0 Å². The molecule has 0 aromatic heterocycles. The molecule has 0 radical (unpaired) electrons. The van der Waals surface area contributed by atoms with Crippen LogP contribution in [0.1, 0.15) is 309 Å². The first-order chi connectivity index (χ1) is 30.5. The van der Waals surface area contributed by atoms with Crippen LogP contribution in [0.5, 0.6) is 0 Å². The summed E-state index contributed by atoms with van der Waals surface area (Å²) in [4.78, 5) is 24.4. The molecule has 2 unspecified atom stereocenters. The van der Waals surface area contributed by atoms with Gasteiger partial charge in [0.1, 0.15) is 0 Å². The Bertz CT molecular complexity index is 924. The monoisotopic (exact) mass is 876 g/mol. The average Bonchev–Trinajstić information content (AvgIpc) is 3.27. The van der Waals surface area contributed by atoms with Crippen molar-refractivity contribution in [2.75, 3.05) is 13.2 Å². The van der Waals surface area contributed by atoms with Crippen molar-refractivity contribution >= 4 is 11.9 Å². The predicted molar refractivity (Wildman–Crippen MR) is 269 cm³/mol. The molecule has 0 aliphatic rings. The van der Waals surface area contributed by atoms with Crippen LogP contribution in [0.2, 0.25) is 0 Å². The molecule has 0 rings (SSSR count). The van der Waals surface area contributed by atoms with Crippen molar-refractivity contribution in [2.24, 2.45) is 0 Å². The maximum Gasteiger partial charge on any atom is 0.305 e. The van der Waals surface area contributed by atoms with Gasteiger partial charge in [0, 0.05) is 12.8 Å². The first-order valence-electron chi connectivity index (χ1n) is 27.9. The zero-order valence-electron chi connectivity index (χ0n) is 41.9. The highest BCUT2D eigenvalue weighted by molar-refractivity contribution is 5.76. The summed E-state index contributed by atoms with van der Waals surface area (Å²) in [7, 11) is 0. The summed E-state index contributed by atoms with van der Waals surface area (Å²) >= 11 is 0.